The molecule has 0 aromatic heterocycles. The summed E-state index contributed by atoms with van der Waals surface area (Å²) in [6.45, 7) is 17.5. The van der Waals surface area contributed by atoms with Crippen molar-refractivity contribution in [1.82, 2.24) is 9.80 Å². The third kappa shape index (κ3) is 16.3. The molecule has 0 unspecified atom stereocenters. The molecule has 0 fully saturated rings. The van der Waals surface area contributed by atoms with Crippen LogP contribution in [0.4, 0.5) is 13.2 Å². The first kappa shape index (κ1) is 34.1. The van der Waals surface area contributed by atoms with Crippen LogP contribution >= 0.6 is 0 Å². The van der Waals surface area contributed by atoms with E-state index in [0.717, 1.165) is 0 Å². The molecule has 0 aromatic carbocycles. The minimum absolute atomic E-state index is 1.18. The molecule has 0 heterocycles. The van der Waals surface area contributed by atoms with Crippen molar-refractivity contribution in [1.29, 1.82) is 0 Å². The molecule has 0 aliphatic carbocycles. The summed E-state index contributed by atoms with van der Waals surface area (Å²) < 4.78 is 61.5. The topological polar surface area (TPSA) is 66.7 Å². The molecule has 0 aliphatic heterocycles. The third-order valence-electron chi connectivity index (χ3n) is 5.16. The van der Waals surface area contributed by atoms with Crippen molar-refractivity contribution < 1.29 is 30.7 Å². The fourth-order valence-corrected chi connectivity index (χ4v) is 3.20. The van der Waals surface area contributed by atoms with Crippen LogP contribution in [0.25, 0.3) is 0 Å². The van der Waals surface area contributed by atoms with Crippen molar-refractivity contribution in [3.8, 4) is 0 Å². The van der Waals surface area contributed by atoms with Crippen LogP contribution in [0.1, 0.15) is 98.8 Å². The Morgan fingerprint density at radius 1 is 0.727 bits per heavy atom. The summed E-state index contributed by atoms with van der Waals surface area (Å²) in [7, 11) is -3.77. The quantitative estimate of drug-likeness (QED) is 0.0951. The van der Waals surface area contributed by atoms with E-state index < -0.39 is 15.6 Å². The lowest BCUT2D eigenvalue weighted by atomic mass is 10.2. The second kappa shape index (κ2) is 19.3. The van der Waals surface area contributed by atoms with Crippen molar-refractivity contribution in [2.75, 3.05) is 39.8 Å². The van der Waals surface area contributed by atoms with Crippen LogP contribution in [0.3, 0.4) is 0 Å². The molecule has 0 amide bonds. The largest absolute Gasteiger partial charge is 0.741 e. The average molecular weight is 504 g/mol. The van der Waals surface area contributed by atoms with Gasteiger partial charge in [0.2, 0.25) is 0 Å². The maximum absolute atomic E-state index is 10.7. The molecule has 0 saturated carbocycles. The predicted octanol–water partition coefficient (Wildman–Crippen LogP) is 5.64. The number of nitrogens with zero attached hydrogens (tertiary/aromatic N) is 3. The van der Waals surface area contributed by atoms with Gasteiger partial charge < -0.3 is 4.55 Å². The molecule has 200 valence electrons. The van der Waals surface area contributed by atoms with E-state index in [0.29, 0.717) is 0 Å². The first-order valence-corrected chi connectivity index (χ1v) is 13.9. The number of halogens is 3. The van der Waals surface area contributed by atoms with E-state index >= 15 is 0 Å². The van der Waals surface area contributed by atoms with Crippen molar-refractivity contribution in [3.05, 3.63) is 0 Å². The molecule has 0 radical (unpaired) electrons. The van der Waals surface area contributed by atoms with E-state index in [2.05, 4.69) is 56.0 Å². The Hall–Kier alpha value is -1.03. The van der Waals surface area contributed by atoms with Gasteiger partial charge >= 0.3 is 11.5 Å². The van der Waals surface area contributed by atoms with Crippen molar-refractivity contribution in [3.63, 3.8) is 0 Å². The molecule has 6 nitrogen and oxygen atoms in total. The smallest absolute Gasteiger partial charge is 0.485 e. The second-order valence-corrected chi connectivity index (χ2v) is 9.73. The average Bonchev–Trinajstić information content (AvgIpc) is 2.74. The zero-order chi connectivity index (χ0) is 25.9. The molecule has 0 bridgehead atoms. The van der Waals surface area contributed by atoms with Crippen LogP contribution < -0.4 is 0 Å². The third-order valence-corrected chi connectivity index (χ3v) is 5.73. The second-order valence-electron chi connectivity index (χ2n) is 8.36. The summed E-state index contributed by atoms with van der Waals surface area (Å²) in [6, 6.07) is 0. The molecule has 0 rings (SSSR count). The Morgan fingerprint density at radius 3 is 1.21 bits per heavy atom. The maximum atomic E-state index is 10.7. The molecule has 10 heteroatoms. The van der Waals surface area contributed by atoms with Crippen LogP contribution in [0.5, 0.6) is 0 Å². The molecular formula is C23H48F3N3O3S. The maximum Gasteiger partial charge on any atom is 0.485 e. The van der Waals surface area contributed by atoms with Gasteiger partial charge in [0.25, 0.3) is 0 Å². The Labute approximate surface area is 201 Å². The van der Waals surface area contributed by atoms with Crippen LogP contribution in [0.2, 0.25) is 0 Å². The number of alkyl halides is 3. The van der Waals surface area contributed by atoms with E-state index in [1.165, 1.54) is 103 Å². The molecule has 0 aliphatic rings. The number of guanidine groups is 1. The summed E-state index contributed by atoms with van der Waals surface area (Å²) in [5, 5.41) is 0. The molecule has 0 spiro atoms. The van der Waals surface area contributed by atoms with Crippen LogP contribution in [-0.4, -0.2) is 78.6 Å². The van der Waals surface area contributed by atoms with Crippen molar-refractivity contribution >= 4 is 16.1 Å². The molecule has 0 saturated heterocycles. The van der Waals surface area contributed by atoms with Crippen molar-refractivity contribution in [2.24, 2.45) is 0 Å². The Kier molecular flexibility index (Phi) is 20.0. The zero-order valence-corrected chi connectivity index (χ0v) is 22.5. The Balaban J connectivity index is 0. The Bertz CT molecular complexity index is 574. The number of hydrogen-bond acceptors (Lipinski definition) is 3. The first-order valence-electron chi connectivity index (χ1n) is 12.5. The van der Waals surface area contributed by atoms with E-state index in [1.54, 1.807) is 0 Å². The summed E-state index contributed by atoms with van der Waals surface area (Å²) in [5.41, 5.74) is -5.65. The van der Waals surface area contributed by atoms with E-state index in [1.807, 2.05) is 0 Å². The van der Waals surface area contributed by atoms with Gasteiger partial charge in [0, 0.05) is 0 Å². The minimum atomic E-state index is -6.09. The molecule has 33 heavy (non-hydrogen) atoms. The number of hydrogen-bond donors (Lipinski definition) is 0. The number of unbranched alkanes of at least 4 members (excludes halogenated alkanes) is 5. The van der Waals surface area contributed by atoms with E-state index in [9.17, 15) is 13.2 Å². The number of rotatable bonds is 15. The zero-order valence-electron chi connectivity index (χ0n) is 21.7. The molecule has 0 atom stereocenters. The Morgan fingerprint density at radius 2 is 1.00 bits per heavy atom. The van der Waals surface area contributed by atoms with Gasteiger partial charge in [0.05, 0.1) is 39.8 Å². The van der Waals surface area contributed by atoms with E-state index in [4.69, 9.17) is 13.0 Å². The van der Waals surface area contributed by atoms with Crippen molar-refractivity contribution in [2.45, 2.75) is 104 Å². The highest BCUT2D eigenvalue weighted by atomic mass is 32.2. The van der Waals surface area contributed by atoms with Gasteiger partial charge in [-0.1, -0.05) is 66.7 Å². The fraction of sp³-hybridized carbons (Fsp3) is 0.957. The highest BCUT2D eigenvalue weighted by Gasteiger charge is 2.37. The van der Waals surface area contributed by atoms with Gasteiger partial charge in [0.15, 0.2) is 10.1 Å². The lowest BCUT2D eigenvalue weighted by Crippen LogP contribution is -2.50. The SMILES string of the molecule is CCCCN(CCCC)C(N(CCCC)CCCC)=[N+](C)CCCC.O=S(=O)([O-])C(F)(F)F. The molecular weight excluding hydrogens is 455 g/mol. The summed E-state index contributed by atoms with van der Waals surface area (Å²) in [4.78, 5) is 5.40. The standard InChI is InChI=1S/C22H48N3.CHF3O3S/c1-7-12-17-23(6)22(24(18-13-8-2)19-14-9-3)25(20-15-10-4)21-16-11-5;2-1(3,4)8(5,6)7/h7-21H2,1-6H3;(H,5,6,7)/q+1;/p-1. The van der Waals surface area contributed by atoms with Gasteiger partial charge in [0.1, 0.15) is 0 Å². The highest BCUT2D eigenvalue weighted by molar-refractivity contribution is 7.86. The monoisotopic (exact) mass is 503 g/mol. The summed E-state index contributed by atoms with van der Waals surface area (Å²) in [6.07, 6.45) is 12.8. The minimum Gasteiger partial charge on any atom is -0.741 e. The van der Waals surface area contributed by atoms with Gasteiger partial charge in [-0.3, -0.25) is 14.4 Å². The van der Waals surface area contributed by atoms with Gasteiger partial charge in [-0.2, -0.15) is 13.2 Å². The lowest BCUT2D eigenvalue weighted by Gasteiger charge is -2.30. The first-order chi connectivity index (χ1) is 15.4. The lowest BCUT2D eigenvalue weighted by molar-refractivity contribution is -0.509. The molecule has 0 aromatic rings. The van der Waals surface area contributed by atoms with Crippen LogP contribution in [0.15, 0.2) is 0 Å². The van der Waals surface area contributed by atoms with Gasteiger partial charge in [-0.05, 0) is 32.1 Å². The fourth-order valence-electron chi connectivity index (χ4n) is 3.20. The predicted molar refractivity (Wildman–Crippen MR) is 129 cm³/mol. The summed E-state index contributed by atoms with van der Waals surface area (Å²) >= 11 is 0. The highest BCUT2D eigenvalue weighted by Crippen LogP contribution is 2.20. The molecule has 0 N–H and O–H groups in total. The van der Waals surface area contributed by atoms with Crippen LogP contribution in [0, 0.1) is 0 Å². The van der Waals surface area contributed by atoms with Gasteiger partial charge in [-0.25, -0.2) is 8.42 Å². The van der Waals surface area contributed by atoms with Crippen LogP contribution in [-0.2, 0) is 10.1 Å². The normalized spacial score (nSPS) is 11.6. The van der Waals surface area contributed by atoms with Gasteiger partial charge in [-0.15, -0.1) is 0 Å². The summed E-state index contributed by atoms with van der Waals surface area (Å²) in [5.74, 6) is 1.51. The van der Waals surface area contributed by atoms with E-state index in [-0.39, 0.29) is 0 Å².